The van der Waals surface area contributed by atoms with Gasteiger partial charge in [0.05, 0.1) is 42.8 Å². The number of hydrogen-bond acceptors (Lipinski definition) is 26. The molecular weight excluding hydrogens is 1850 g/mol. The zero-order chi connectivity index (χ0) is 107. The highest BCUT2D eigenvalue weighted by Crippen LogP contribution is 2.33. The minimum Gasteiger partial charge on any atom is -0.489 e. The van der Waals surface area contributed by atoms with Crippen molar-refractivity contribution < 1.29 is 35.8 Å². The zero-order valence-corrected chi connectivity index (χ0v) is 97.0. The Kier molecular flexibility index (Phi) is 49.0. The summed E-state index contributed by atoms with van der Waals surface area (Å²) in [6, 6.07) is 25.9. The number of likely N-dealkylation sites (N-methyl/N-ethyl adjacent to an activating group) is 4. The number of piperidine rings is 3. The number of nitrogens with one attached hydrogen (secondary N) is 4. The van der Waals surface area contributed by atoms with Gasteiger partial charge in [0.2, 0.25) is 25.9 Å². The molecule has 8 aromatic heterocycles. The third kappa shape index (κ3) is 46.7. The summed E-state index contributed by atoms with van der Waals surface area (Å²) in [4.78, 5) is 52.6. The Hall–Kier alpha value is -8.40. The second kappa shape index (κ2) is 57.6. The summed E-state index contributed by atoms with van der Waals surface area (Å²) in [7, 11) is 5.35. The first-order valence-corrected chi connectivity index (χ1v) is 56.8. The van der Waals surface area contributed by atoms with E-state index in [1.165, 1.54) is 130 Å². The molecule has 6 aliphatic heterocycles. The van der Waals surface area contributed by atoms with E-state index in [2.05, 4.69) is 322 Å². The Labute approximate surface area is 877 Å². The lowest BCUT2D eigenvalue weighted by molar-refractivity contribution is -0.0230. The van der Waals surface area contributed by atoms with Crippen molar-refractivity contribution in [2.75, 3.05) is 181 Å². The predicted molar refractivity (Wildman–Crippen MR) is 600 cm³/mol. The Morgan fingerprint density at radius 2 is 0.917 bits per heavy atom. The van der Waals surface area contributed by atoms with Gasteiger partial charge in [-0.1, -0.05) is 172 Å². The molecule has 30 heteroatoms. The number of hydrogen-bond donors (Lipinski definition) is 4. The van der Waals surface area contributed by atoms with Crippen molar-refractivity contribution in [1.29, 1.82) is 0 Å². The zero-order valence-electron chi connectivity index (χ0n) is 95.3. The smallest absolute Gasteiger partial charge is 0.216 e. The van der Waals surface area contributed by atoms with Gasteiger partial charge in [-0.2, -0.15) is 0 Å². The van der Waals surface area contributed by atoms with Gasteiger partial charge in [-0.05, 0) is 288 Å². The monoisotopic (exact) mass is 2040 g/mol. The number of nitrogens with zero attached hydrogens (tertiary/aromatic N) is 16. The third-order valence-electron chi connectivity index (χ3n) is 27.2. The van der Waals surface area contributed by atoms with E-state index in [0.29, 0.717) is 56.4 Å². The quantitative estimate of drug-likeness (QED) is 0.0437. The number of rotatable bonds is 24. The molecule has 3 atom stereocenters. The summed E-state index contributed by atoms with van der Waals surface area (Å²) in [6.45, 7) is 68.4. The van der Waals surface area contributed by atoms with Crippen LogP contribution < -0.4 is 40.5 Å². The fourth-order valence-corrected chi connectivity index (χ4v) is 17.7. The molecule has 8 aromatic rings. The molecule has 0 amide bonds. The van der Waals surface area contributed by atoms with E-state index in [-0.39, 0.29) is 43.3 Å². The molecule has 6 fully saturated rings. The highest BCUT2D eigenvalue weighted by atomic mass is 32.2. The predicted octanol–water partition coefficient (Wildman–Crippen LogP) is 19.0. The number of morpholine rings is 1. The summed E-state index contributed by atoms with van der Waals surface area (Å²) in [5.74, 6) is 5.92. The molecule has 0 aromatic carbocycles. The Morgan fingerprint density at radius 1 is 0.434 bits per heavy atom. The van der Waals surface area contributed by atoms with Crippen LogP contribution in [0, 0.1) is 11.8 Å². The molecule has 4 N–H and O–H groups in total. The maximum absolute atomic E-state index is 11.4. The Morgan fingerprint density at radius 3 is 1.44 bits per heavy atom. The van der Waals surface area contributed by atoms with Crippen molar-refractivity contribution in [2.45, 2.75) is 324 Å². The lowest BCUT2D eigenvalue weighted by Crippen LogP contribution is -2.40. The normalized spacial score (nSPS) is 17.9. The molecule has 28 nitrogen and oxygen atoms in total. The van der Waals surface area contributed by atoms with Gasteiger partial charge in [-0.25, -0.2) is 55.3 Å². The van der Waals surface area contributed by atoms with Crippen LogP contribution in [-0.2, 0) is 92.1 Å². The van der Waals surface area contributed by atoms with Crippen LogP contribution in [0.1, 0.15) is 299 Å². The van der Waals surface area contributed by atoms with Crippen LogP contribution in [0.25, 0.3) is 0 Å². The SMILES string of the molecule is CC(C)(C)c1cc(OC2CCNCC2)ncn1.CC(C)(C)c1cncc(CC2CCNC2)c1.CC(C)(C)c1cncc(OC2CCNCC2)c1.CN(CCN(C)S(C)(=O)=O)c1cc(C(C)(C)C)ccn1.CN(CCNc1cc(C(C)(C)C)ccn1)S(C)(=O)=O.CN(c1cc(C(C)(C)C)ncn1)C1CCOCC1.CN1CCCC(CCc2cc(C(C)(C)C)ccn2)C1.CN1CCOC(CCc2cc(C(C)(C)C)ccn2)C1. The maximum Gasteiger partial charge on any atom is 0.216 e. The second-order valence-corrected chi connectivity index (χ2v) is 52.8. The van der Waals surface area contributed by atoms with E-state index >= 15 is 0 Å². The van der Waals surface area contributed by atoms with Crippen molar-refractivity contribution in [3.05, 3.63) is 197 Å². The average molecular weight is 2050 g/mol. The maximum atomic E-state index is 11.4. The van der Waals surface area contributed by atoms with Crippen LogP contribution in [0.15, 0.2) is 135 Å². The highest BCUT2D eigenvalue weighted by Gasteiger charge is 2.29. The molecule has 3 unspecified atom stereocenters. The van der Waals surface area contributed by atoms with E-state index in [1.54, 1.807) is 39.1 Å². The third-order valence-corrected chi connectivity index (χ3v) is 29.9. The van der Waals surface area contributed by atoms with E-state index in [9.17, 15) is 16.8 Å². The number of pyridine rings is 6. The molecule has 0 aliphatic carbocycles. The number of aryl methyl sites for hydroxylation is 2. The van der Waals surface area contributed by atoms with Crippen LogP contribution in [0.3, 0.4) is 0 Å². The van der Waals surface area contributed by atoms with Crippen LogP contribution in [0.4, 0.5) is 17.5 Å². The first-order valence-electron chi connectivity index (χ1n) is 53.1. The number of sulfonamides is 2. The van der Waals surface area contributed by atoms with Gasteiger partial charge >= 0.3 is 0 Å². The van der Waals surface area contributed by atoms with Crippen LogP contribution in [-0.4, -0.2) is 276 Å². The number of aromatic nitrogens is 10. The standard InChI is InChI=1S/C17H28N2.C16H26N2O.C14H25N3O2S.C14H23N3O.C14H22N2O.C14H22N2.C13H23N3O2S.C13H21N3O/c1-17(2,3)15-9-10-18-16(12-15)8-7-14-6-5-11-19(4)13-14;1-16(2,3)13-7-8-17-14(11-13)5-6-15-12-18(4)9-10-19-15;1-14(2,3)12-7-8-15-13(11-12)16(4)9-10-17(5)20(6,18)19;1-14(2,3)12-9-13(16-10-15-12)17(4)11-5-7-18-8-6-11;1-14(2,3)11-8-13(10-16-9-11)17-12-4-6-15-7-5-12;1-14(2,3)13-7-12(9-16-10-13)6-11-4-5-15-8-11;1-13(2,3)11-6-7-14-12(10-11)15-8-9-16(4)19(5,17)18;1-13(2,3)11-8-12(16-9-15-11)17-10-4-6-14-7-5-10/h9-10,12,14H,5-8,11,13H2,1-4H3;7-8,11,15H,5-6,9-10,12H2,1-4H3;7-8,11H,9-10H2,1-6H3;9-11H,5-8H2,1-4H3;8-10,12,15H,4-7H2,1-3H3;7,9-11,15H,4-6,8H2,1-3H3;6-7,10H,8-9H2,1-5H3,(H,14,15);8-10,14H,4-7H2,1-3H3. The largest absolute Gasteiger partial charge is 0.489 e. The Balaban J connectivity index is 0.000000225. The van der Waals surface area contributed by atoms with E-state index < -0.39 is 20.0 Å². The van der Waals surface area contributed by atoms with Crippen molar-refractivity contribution >= 4 is 37.5 Å². The summed E-state index contributed by atoms with van der Waals surface area (Å²) < 4.78 is 70.9. The summed E-state index contributed by atoms with van der Waals surface area (Å²) in [6.07, 6.45) is 38.0. The Bertz CT molecular complexity index is 5170. The molecule has 0 bridgehead atoms. The molecule has 0 spiro atoms. The minimum atomic E-state index is -3.13. The van der Waals surface area contributed by atoms with Gasteiger partial charge in [0.1, 0.15) is 48.1 Å². The molecule has 6 saturated heterocycles. The first kappa shape index (κ1) is 124. The van der Waals surface area contributed by atoms with Gasteiger partial charge < -0.3 is 59.8 Å². The summed E-state index contributed by atoms with van der Waals surface area (Å²) in [5, 5.41) is 13.2. The highest BCUT2D eigenvalue weighted by molar-refractivity contribution is 7.88. The van der Waals surface area contributed by atoms with Gasteiger partial charge in [-0.3, -0.25) is 19.9 Å². The average Bonchev–Trinajstić information content (AvgIpc) is 0.975. The second-order valence-electron chi connectivity index (χ2n) is 48.7. The minimum absolute atomic E-state index is 0.0369. The van der Waals surface area contributed by atoms with E-state index in [4.69, 9.17) is 18.9 Å². The molecule has 145 heavy (non-hydrogen) atoms. The van der Waals surface area contributed by atoms with Crippen molar-refractivity contribution in [1.82, 2.24) is 84.2 Å². The van der Waals surface area contributed by atoms with E-state index in [1.807, 2.05) is 73.4 Å². The summed E-state index contributed by atoms with van der Waals surface area (Å²) >= 11 is 0. The lowest BCUT2D eigenvalue weighted by atomic mass is 9.86. The molecule has 14 rings (SSSR count). The fourth-order valence-electron chi connectivity index (χ4n) is 16.9. The summed E-state index contributed by atoms with van der Waals surface area (Å²) in [5.41, 5.74) is 14.7. The molecule has 0 saturated carbocycles. The number of anilines is 3. The van der Waals surface area contributed by atoms with E-state index in [0.717, 1.165) is 163 Å². The van der Waals surface area contributed by atoms with Crippen molar-refractivity contribution in [2.24, 2.45) is 11.8 Å². The molecule has 14 heterocycles. The number of likely N-dealkylation sites (tertiary alicyclic amines) is 1. The van der Waals surface area contributed by atoms with Gasteiger partial charge in [0, 0.05) is 171 Å². The molecule has 6 aliphatic rings. The number of ether oxygens (including phenoxy) is 4. The van der Waals surface area contributed by atoms with Gasteiger partial charge in [0.25, 0.3) is 0 Å². The van der Waals surface area contributed by atoms with Crippen LogP contribution in [0.5, 0.6) is 11.6 Å². The fraction of sp³-hybridized carbons (Fsp3) is 0.670. The van der Waals surface area contributed by atoms with Crippen molar-refractivity contribution in [3.63, 3.8) is 0 Å². The molecular formula is C115H190N20O8S2. The van der Waals surface area contributed by atoms with Gasteiger partial charge in [-0.15, -0.1) is 0 Å². The lowest BCUT2D eigenvalue weighted by Gasteiger charge is -2.32. The van der Waals surface area contributed by atoms with Crippen LogP contribution in [0.2, 0.25) is 0 Å². The van der Waals surface area contributed by atoms with Crippen molar-refractivity contribution in [3.8, 4) is 11.6 Å². The molecule has 810 valence electrons. The van der Waals surface area contributed by atoms with Crippen LogP contribution >= 0.6 is 0 Å². The van der Waals surface area contributed by atoms with Gasteiger partial charge in [0.15, 0.2) is 0 Å². The topological polar surface area (TPSA) is 302 Å². The first-order chi connectivity index (χ1) is 67.7. The molecule has 0 radical (unpaired) electrons.